The summed E-state index contributed by atoms with van der Waals surface area (Å²) in [6.07, 6.45) is 0. The third-order valence-corrected chi connectivity index (χ3v) is 3.31. The van der Waals surface area contributed by atoms with Crippen molar-refractivity contribution in [3.63, 3.8) is 0 Å². The molecule has 0 aliphatic heterocycles. The summed E-state index contributed by atoms with van der Waals surface area (Å²) in [6, 6.07) is 8.64. The maximum atomic E-state index is 11.6. The van der Waals surface area contributed by atoms with Gasteiger partial charge in [-0.2, -0.15) is 0 Å². The number of hydrogen-bond acceptors (Lipinski definition) is 2. The number of carbonyl (C=O) groups is 2. The van der Waals surface area contributed by atoms with Crippen LogP contribution in [0.15, 0.2) is 30.3 Å². The average molecular weight is 259 g/mol. The Balaban J connectivity index is 3.46. The summed E-state index contributed by atoms with van der Waals surface area (Å²) in [5.41, 5.74) is -0.922. The second-order valence-corrected chi connectivity index (χ2v) is 4.56. The van der Waals surface area contributed by atoms with Gasteiger partial charge in [-0.25, -0.2) is 0 Å². The fourth-order valence-corrected chi connectivity index (χ4v) is 2.67. The summed E-state index contributed by atoms with van der Waals surface area (Å²) in [4.78, 5) is 23.2. The third-order valence-electron chi connectivity index (χ3n) is 2.72. The molecule has 0 radical (unpaired) electrons. The Bertz CT molecular complexity index is 385. The van der Waals surface area contributed by atoms with Crippen molar-refractivity contribution in [1.82, 2.24) is 0 Å². The highest BCUT2D eigenvalue weighted by Gasteiger charge is 2.48. The second-order valence-electron chi connectivity index (χ2n) is 3.88. The summed E-state index contributed by atoms with van der Waals surface area (Å²) in [7, 11) is 0. The Labute approximate surface area is 105 Å². The van der Waals surface area contributed by atoms with Crippen molar-refractivity contribution in [2.75, 3.05) is 0 Å². The first-order valence-electron chi connectivity index (χ1n) is 4.89. The third kappa shape index (κ3) is 2.00. The van der Waals surface area contributed by atoms with Crippen LogP contribution in [-0.2, 0) is 15.0 Å². The SMILES string of the molecule is CC(C)C(C(=O)Cl)(C(=O)Cl)c1ccccc1. The molecule has 0 aliphatic carbocycles. The van der Waals surface area contributed by atoms with Gasteiger partial charge in [0.25, 0.3) is 0 Å². The van der Waals surface area contributed by atoms with Crippen LogP contribution in [0, 0.1) is 5.92 Å². The molecular formula is C12H12Cl2O2. The molecule has 4 heteroatoms. The summed E-state index contributed by atoms with van der Waals surface area (Å²) in [5.74, 6) is -0.301. The van der Waals surface area contributed by atoms with E-state index in [1.807, 2.05) is 0 Å². The number of hydrogen-bond donors (Lipinski definition) is 0. The van der Waals surface area contributed by atoms with Gasteiger partial charge in [0.2, 0.25) is 10.5 Å². The predicted octanol–water partition coefficient (Wildman–Crippen LogP) is 3.11. The molecule has 0 bridgehead atoms. The minimum absolute atomic E-state index is 0.301. The molecule has 0 fully saturated rings. The van der Waals surface area contributed by atoms with E-state index in [-0.39, 0.29) is 5.92 Å². The van der Waals surface area contributed by atoms with Gasteiger partial charge in [-0.15, -0.1) is 0 Å². The van der Waals surface area contributed by atoms with Gasteiger partial charge < -0.3 is 0 Å². The maximum Gasteiger partial charge on any atom is 0.241 e. The van der Waals surface area contributed by atoms with E-state index < -0.39 is 15.9 Å². The number of rotatable bonds is 4. The fourth-order valence-electron chi connectivity index (χ4n) is 1.79. The van der Waals surface area contributed by atoms with Gasteiger partial charge in [0, 0.05) is 0 Å². The van der Waals surface area contributed by atoms with E-state index in [0.29, 0.717) is 5.56 Å². The lowest BCUT2D eigenvalue weighted by Gasteiger charge is -2.30. The standard InChI is InChI=1S/C12H12Cl2O2/c1-8(2)12(10(13)15,11(14)16)9-6-4-3-5-7-9/h3-8H,1-2H3. The molecule has 0 spiro atoms. The molecule has 1 rings (SSSR count). The molecule has 86 valence electrons. The van der Waals surface area contributed by atoms with Gasteiger partial charge in [0.1, 0.15) is 5.41 Å². The van der Waals surface area contributed by atoms with Crippen molar-refractivity contribution in [3.05, 3.63) is 35.9 Å². The topological polar surface area (TPSA) is 34.1 Å². The summed E-state index contributed by atoms with van der Waals surface area (Å²) in [6.45, 7) is 3.49. The first-order valence-corrected chi connectivity index (χ1v) is 5.65. The van der Waals surface area contributed by atoms with Gasteiger partial charge in [-0.3, -0.25) is 9.59 Å². The molecule has 0 unspecified atom stereocenters. The van der Waals surface area contributed by atoms with Gasteiger partial charge >= 0.3 is 0 Å². The molecule has 0 N–H and O–H groups in total. The molecule has 0 atom stereocenters. The molecular weight excluding hydrogens is 247 g/mol. The van der Waals surface area contributed by atoms with Gasteiger partial charge in [0.15, 0.2) is 0 Å². The summed E-state index contributed by atoms with van der Waals surface area (Å²) >= 11 is 11.2. The quantitative estimate of drug-likeness (QED) is 0.615. The van der Waals surface area contributed by atoms with Crippen molar-refractivity contribution >= 4 is 33.7 Å². The number of halogens is 2. The fraction of sp³-hybridized carbons (Fsp3) is 0.333. The van der Waals surface area contributed by atoms with E-state index in [2.05, 4.69) is 0 Å². The van der Waals surface area contributed by atoms with Crippen LogP contribution in [-0.4, -0.2) is 10.5 Å². The minimum Gasteiger partial charge on any atom is -0.280 e. The number of benzene rings is 1. The van der Waals surface area contributed by atoms with Crippen LogP contribution < -0.4 is 0 Å². The van der Waals surface area contributed by atoms with Crippen molar-refractivity contribution in [1.29, 1.82) is 0 Å². The molecule has 0 amide bonds. The van der Waals surface area contributed by atoms with Crippen LogP contribution in [0.5, 0.6) is 0 Å². The van der Waals surface area contributed by atoms with Crippen molar-refractivity contribution in [3.8, 4) is 0 Å². The predicted molar refractivity (Wildman–Crippen MR) is 64.7 cm³/mol. The van der Waals surface area contributed by atoms with Crippen LogP contribution >= 0.6 is 23.2 Å². The Kier molecular flexibility index (Phi) is 4.11. The molecule has 16 heavy (non-hydrogen) atoms. The van der Waals surface area contributed by atoms with E-state index in [0.717, 1.165) is 0 Å². The zero-order valence-corrected chi connectivity index (χ0v) is 10.5. The van der Waals surface area contributed by atoms with E-state index in [1.165, 1.54) is 0 Å². The van der Waals surface area contributed by atoms with E-state index in [4.69, 9.17) is 23.2 Å². The van der Waals surface area contributed by atoms with Crippen LogP contribution in [0.25, 0.3) is 0 Å². The number of carbonyl (C=O) groups excluding carboxylic acids is 2. The van der Waals surface area contributed by atoms with E-state index in [1.54, 1.807) is 44.2 Å². The van der Waals surface area contributed by atoms with Crippen molar-refractivity contribution in [2.45, 2.75) is 19.3 Å². The molecule has 0 aliphatic rings. The highest BCUT2D eigenvalue weighted by molar-refractivity contribution is 6.76. The van der Waals surface area contributed by atoms with Crippen molar-refractivity contribution < 1.29 is 9.59 Å². The smallest absolute Gasteiger partial charge is 0.241 e. The van der Waals surface area contributed by atoms with Crippen LogP contribution in [0.2, 0.25) is 0 Å². The molecule has 0 saturated carbocycles. The first kappa shape index (κ1) is 13.2. The highest BCUT2D eigenvalue weighted by Crippen LogP contribution is 2.37. The minimum atomic E-state index is -1.45. The molecule has 0 saturated heterocycles. The van der Waals surface area contributed by atoms with Gasteiger partial charge in [-0.1, -0.05) is 44.2 Å². The zero-order valence-electron chi connectivity index (χ0n) is 9.04. The normalized spacial score (nSPS) is 11.6. The highest BCUT2D eigenvalue weighted by atomic mass is 35.5. The van der Waals surface area contributed by atoms with Crippen LogP contribution in [0.4, 0.5) is 0 Å². The maximum absolute atomic E-state index is 11.6. The van der Waals surface area contributed by atoms with E-state index in [9.17, 15) is 9.59 Å². The molecule has 0 aromatic heterocycles. The van der Waals surface area contributed by atoms with Gasteiger partial charge in [0.05, 0.1) is 0 Å². The van der Waals surface area contributed by atoms with Crippen molar-refractivity contribution in [2.24, 2.45) is 5.92 Å². The lowest BCUT2D eigenvalue weighted by Crippen LogP contribution is -2.44. The second kappa shape index (κ2) is 4.98. The van der Waals surface area contributed by atoms with Crippen LogP contribution in [0.3, 0.4) is 0 Å². The first-order chi connectivity index (χ1) is 7.44. The molecule has 1 aromatic rings. The molecule has 0 heterocycles. The Hall–Kier alpha value is -0.860. The Morgan fingerprint density at radius 1 is 1.06 bits per heavy atom. The van der Waals surface area contributed by atoms with Crippen LogP contribution in [0.1, 0.15) is 19.4 Å². The zero-order chi connectivity index (χ0) is 12.3. The monoisotopic (exact) mass is 258 g/mol. The Morgan fingerprint density at radius 3 is 1.81 bits per heavy atom. The Morgan fingerprint density at radius 2 is 1.50 bits per heavy atom. The lowest BCUT2D eigenvalue weighted by molar-refractivity contribution is -0.128. The van der Waals surface area contributed by atoms with Gasteiger partial charge in [-0.05, 0) is 34.7 Å². The summed E-state index contributed by atoms with van der Waals surface area (Å²) < 4.78 is 0. The van der Waals surface area contributed by atoms with E-state index >= 15 is 0 Å². The largest absolute Gasteiger partial charge is 0.280 e. The summed E-state index contributed by atoms with van der Waals surface area (Å²) in [5, 5.41) is -1.48. The molecule has 2 nitrogen and oxygen atoms in total. The lowest BCUT2D eigenvalue weighted by atomic mass is 9.73. The molecule has 1 aromatic carbocycles. The average Bonchev–Trinajstić information content (AvgIpc) is 2.18.